The molecule has 2 rings (SSSR count). The average molecular weight is 220 g/mol. The number of hydrogen-bond acceptors (Lipinski definition) is 3. The van der Waals surface area contributed by atoms with E-state index >= 15 is 0 Å². The first-order valence-electron chi connectivity index (χ1n) is 5.55. The third kappa shape index (κ3) is 2.79. The van der Waals surface area contributed by atoms with Crippen LogP contribution >= 0.6 is 0 Å². The molecule has 2 N–H and O–H groups in total. The van der Waals surface area contributed by atoms with Gasteiger partial charge >= 0.3 is 0 Å². The number of carbonyl (C=O) groups excluding carboxylic acids is 1. The summed E-state index contributed by atoms with van der Waals surface area (Å²) in [5.74, 6) is 0.00963. The van der Waals surface area contributed by atoms with Crippen molar-refractivity contribution < 1.29 is 9.90 Å². The van der Waals surface area contributed by atoms with Gasteiger partial charge in [-0.3, -0.25) is 9.78 Å². The summed E-state index contributed by atoms with van der Waals surface area (Å²) in [6.45, 7) is 0.0473. The molecule has 1 saturated carbocycles. The lowest BCUT2D eigenvalue weighted by Gasteiger charge is -2.13. The van der Waals surface area contributed by atoms with E-state index in [1.165, 1.54) is 0 Å². The molecule has 1 aliphatic rings. The van der Waals surface area contributed by atoms with E-state index in [4.69, 9.17) is 5.11 Å². The minimum absolute atomic E-state index is 0.00963. The molecule has 1 aliphatic carbocycles. The van der Waals surface area contributed by atoms with Crippen LogP contribution in [0.5, 0.6) is 0 Å². The van der Waals surface area contributed by atoms with Crippen molar-refractivity contribution in [2.45, 2.75) is 31.2 Å². The van der Waals surface area contributed by atoms with E-state index in [0.717, 1.165) is 18.4 Å². The molecular formula is C12H16N2O2. The molecule has 0 saturated heterocycles. The minimum Gasteiger partial charge on any atom is -0.394 e. The second-order valence-corrected chi connectivity index (χ2v) is 4.35. The van der Waals surface area contributed by atoms with Gasteiger partial charge < -0.3 is 10.4 Å². The summed E-state index contributed by atoms with van der Waals surface area (Å²) in [5.41, 5.74) is 0.762. The largest absolute Gasteiger partial charge is 0.394 e. The number of pyridine rings is 1. The lowest BCUT2D eigenvalue weighted by Crippen LogP contribution is -2.39. The monoisotopic (exact) mass is 220 g/mol. The fourth-order valence-corrected chi connectivity index (χ4v) is 1.64. The van der Waals surface area contributed by atoms with Crippen LogP contribution in [-0.4, -0.2) is 28.1 Å². The molecule has 0 radical (unpaired) electrons. The highest BCUT2D eigenvalue weighted by Gasteiger charge is 2.43. The predicted molar refractivity (Wildman–Crippen MR) is 59.8 cm³/mol. The molecule has 0 unspecified atom stereocenters. The van der Waals surface area contributed by atoms with Gasteiger partial charge in [0, 0.05) is 18.8 Å². The number of nitrogens with zero attached hydrogens (tertiary/aromatic N) is 1. The molecule has 0 spiro atoms. The Balaban J connectivity index is 1.76. The van der Waals surface area contributed by atoms with E-state index in [2.05, 4.69) is 10.3 Å². The summed E-state index contributed by atoms with van der Waals surface area (Å²) in [7, 11) is 0. The standard InChI is InChI=1S/C12H16N2O2/c15-9-12(5-6-12)14-11(16)4-3-10-2-1-7-13-8-10/h1-2,7-8,15H,3-6,9H2,(H,14,16). The van der Waals surface area contributed by atoms with E-state index in [-0.39, 0.29) is 18.1 Å². The molecule has 16 heavy (non-hydrogen) atoms. The third-order valence-electron chi connectivity index (χ3n) is 2.92. The van der Waals surface area contributed by atoms with Crippen LogP contribution in [0.1, 0.15) is 24.8 Å². The molecule has 1 amide bonds. The van der Waals surface area contributed by atoms with Gasteiger partial charge in [0.25, 0.3) is 0 Å². The van der Waals surface area contributed by atoms with Crippen LogP contribution < -0.4 is 5.32 Å². The fraction of sp³-hybridized carbons (Fsp3) is 0.500. The van der Waals surface area contributed by atoms with Crippen molar-refractivity contribution in [3.8, 4) is 0 Å². The summed E-state index contributed by atoms with van der Waals surface area (Å²) in [4.78, 5) is 15.6. The van der Waals surface area contributed by atoms with Crippen molar-refractivity contribution in [3.05, 3.63) is 30.1 Å². The van der Waals surface area contributed by atoms with Gasteiger partial charge in [-0.2, -0.15) is 0 Å². The first-order valence-corrected chi connectivity index (χ1v) is 5.55. The van der Waals surface area contributed by atoms with Crippen LogP contribution in [0.2, 0.25) is 0 Å². The molecule has 0 aromatic carbocycles. The van der Waals surface area contributed by atoms with Gasteiger partial charge in [-0.05, 0) is 30.9 Å². The van der Waals surface area contributed by atoms with E-state index in [9.17, 15) is 4.79 Å². The summed E-state index contributed by atoms with van der Waals surface area (Å²) >= 11 is 0. The normalized spacial score (nSPS) is 16.8. The Morgan fingerprint density at radius 1 is 1.56 bits per heavy atom. The fourth-order valence-electron chi connectivity index (χ4n) is 1.64. The highest BCUT2D eigenvalue weighted by molar-refractivity contribution is 5.77. The van der Waals surface area contributed by atoms with E-state index < -0.39 is 0 Å². The molecule has 4 nitrogen and oxygen atoms in total. The molecule has 4 heteroatoms. The van der Waals surface area contributed by atoms with Crippen molar-refractivity contribution in [3.63, 3.8) is 0 Å². The Bertz CT molecular complexity index is 361. The van der Waals surface area contributed by atoms with Crippen LogP contribution in [0, 0.1) is 0 Å². The van der Waals surface area contributed by atoms with Crippen molar-refractivity contribution in [1.29, 1.82) is 0 Å². The van der Waals surface area contributed by atoms with Gasteiger partial charge in [-0.25, -0.2) is 0 Å². The molecule has 0 atom stereocenters. The zero-order valence-corrected chi connectivity index (χ0v) is 9.15. The SMILES string of the molecule is O=C(CCc1cccnc1)NC1(CO)CC1. The number of carbonyl (C=O) groups is 1. The number of aliphatic hydroxyl groups excluding tert-OH is 1. The van der Waals surface area contributed by atoms with Crippen molar-refractivity contribution in [1.82, 2.24) is 10.3 Å². The summed E-state index contributed by atoms with van der Waals surface area (Å²) in [5, 5.41) is 11.9. The Hall–Kier alpha value is -1.42. The minimum atomic E-state index is -0.300. The van der Waals surface area contributed by atoms with Gasteiger partial charge in [-0.1, -0.05) is 6.07 Å². The van der Waals surface area contributed by atoms with Gasteiger partial charge in [-0.15, -0.1) is 0 Å². The van der Waals surface area contributed by atoms with E-state index in [0.29, 0.717) is 12.8 Å². The highest BCUT2D eigenvalue weighted by atomic mass is 16.3. The molecule has 1 aromatic heterocycles. The topological polar surface area (TPSA) is 62.2 Å². The zero-order chi connectivity index (χ0) is 11.4. The first kappa shape index (κ1) is 11.1. The van der Waals surface area contributed by atoms with Crippen molar-refractivity contribution in [2.24, 2.45) is 0 Å². The van der Waals surface area contributed by atoms with Crippen molar-refractivity contribution >= 4 is 5.91 Å². The molecule has 1 heterocycles. The Kier molecular flexibility index (Phi) is 3.19. The van der Waals surface area contributed by atoms with Crippen LogP contribution in [0.15, 0.2) is 24.5 Å². The molecule has 1 fully saturated rings. The van der Waals surface area contributed by atoms with Gasteiger partial charge in [0.05, 0.1) is 12.1 Å². The number of hydrogen-bond donors (Lipinski definition) is 2. The van der Waals surface area contributed by atoms with Crippen LogP contribution in [0.25, 0.3) is 0 Å². The molecule has 0 bridgehead atoms. The third-order valence-corrected chi connectivity index (χ3v) is 2.92. The van der Waals surface area contributed by atoms with Gasteiger partial charge in [0.2, 0.25) is 5.91 Å². The predicted octanol–water partition coefficient (Wildman–Crippen LogP) is 0.655. The molecule has 1 aromatic rings. The maximum Gasteiger partial charge on any atom is 0.220 e. The summed E-state index contributed by atoms with van der Waals surface area (Å²) in [6.07, 6.45) is 6.42. The Labute approximate surface area is 94.7 Å². The number of rotatable bonds is 5. The Morgan fingerprint density at radius 3 is 2.94 bits per heavy atom. The van der Waals surface area contributed by atoms with E-state index in [1.54, 1.807) is 12.4 Å². The average Bonchev–Trinajstić information content (AvgIpc) is 3.08. The second kappa shape index (κ2) is 4.61. The Morgan fingerprint density at radius 2 is 2.38 bits per heavy atom. The number of aromatic nitrogens is 1. The number of amides is 1. The number of aliphatic hydroxyl groups is 1. The first-order chi connectivity index (χ1) is 7.74. The number of nitrogens with one attached hydrogen (secondary N) is 1. The van der Waals surface area contributed by atoms with Crippen LogP contribution in [0.3, 0.4) is 0 Å². The van der Waals surface area contributed by atoms with E-state index in [1.807, 2.05) is 12.1 Å². The highest BCUT2D eigenvalue weighted by Crippen LogP contribution is 2.34. The second-order valence-electron chi connectivity index (χ2n) is 4.35. The van der Waals surface area contributed by atoms with Gasteiger partial charge in [0.15, 0.2) is 0 Å². The molecule has 86 valence electrons. The maximum absolute atomic E-state index is 11.6. The lowest BCUT2D eigenvalue weighted by molar-refractivity contribution is -0.122. The smallest absolute Gasteiger partial charge is 0.220 e. The molecular weight excluding hydrogens is 204 g/mol. The maximum atomic E-state index is 11.6. The summed E-state index contributed by atoms with van der Waals surface area (Å²) < 4.78 is 0. The van der Waals surface area contributed by atoms with Crippen LogP contribution in [0.4, 0.5) is 0 Å². The zero-order valence-electron chi connectivity index (χ0n) is 9.15. The van der Waals surface area contributed by atoms with Crippen LogP contribution in [-0.2, 0) is 11.2 Å². The summed E-state index contributed by atoms with van der Waals surface area (Å²) in [6, 6.07) is 3.82. The number of aryl methyl sites for hydroxylation is 1. The lowest BCUT2D eigenvalue weighted by atomic mass is 10.1. The molecule has 0 aliphatic heterocycles. The van der Waals surface area contributed by atoms with Crippen molar-refractivity contribution in [2.75, 3.05) is 6.61 Å². The van der Waals surface area contributed by atoms with Gasteiger partial charge in [0.1, 0.15) is 0 Å². The quantitative estimate of drug-likeness (QED) is 0.766.